The zero-order chi connectivity index (χ0) is 16.5. The van der Waals surface area contributed by atoms with E-state index in [9.17, 15) is 4.79 Å². The highest BCUT2D eigenvalue weighted by Gasteiger charge is 2.10. The number of benzene rings is 2. The van der Waals surface area contributed by atoms with Crippen LogP contribution in [0, 0.1) is 6.92 Å². The summed E-state index contributed by atoms with van der Waals surface area (Å²) in [5, 5.41) is 2.81. The highest BCUT2D eigenvalue weighted by molar-refractivity contribution is 6.03. The fourth-order valence-electron chi connectivity index (χ4n) is 2.60. The number of nitrogens with one attached hydrogen (secondary N) is 1. The van der Waals surface area contributed by atoms with Gasteiger partial charge in [0.05, 0.1) is 17.3 Å². The van der Waals surface area contributed by atoms with Crippen LogP contribution < -0.4 is 5.32 Å². The van der Waals surface area contributed by atoms with E-state index in [1.54, 1.807) is 18.5 Å². The molecule has 0 aliphatic carbocycles. The number of rotatable bonds is 3. The molecule has 0 radical (unpaired) electrons. The lowest BCUT2D eigenvalue weighted by atomic mass is 10.2. The van der Waals surface area contributed by atoms with E-state index in [1.807, 2.05) is 22.8 Å². The van der Waals surface area contributed by atoms with Crippen LogP contribution in [0.1, 0.15) is 16.1 Å². The summed E-state index contributed by atoms with van der Waals surface area (Å²) in [5.74, 6) is -0.00222. The molecule has 1 N–H and O–H groups in total. The van der Waals surface area contributed by atoms with Crippen molar-refractivity contribution in [3.63, 3.8) is 0 Å². The third-order valence-electron chi connectivity index (χ3n) is 3.86. The molecule has 4 aromatic rings. The predicted molar refractivity (Wildman–Crippen MR) is 92.5 cm³/mol. The maximum absolute atomic E-state index is 12.0. The van der Waals surface area contributed by atoms with Gasteiger partial charge in [0.25, 0.3) is 5.91 Å². The lowest BCUT2D eigenvalue weighted by molar-refractivity contribution is 0.0996. The van der Waals surface area contributed by atoms with Crippen molar-refractivity contribution in [3.8, 4) is 5.69 Å². The monoisotopic (exact) mass is 317 g/mol. The molecule has 0 unspecified atom stereocenters. The largest absolute Gasteiger partial charge is 0.459 e. The standard InChI is InChI=1S/C19H15N3O2/c1-13-4-7-15(8-5-13)22-12-20-16-11-14(6-9-17(16)22)21-19(23)18-3-2-10-24-18/h2-12H,1H3,(H,21,23). The van der Waals surface area contributed by atoms with Crippen molar-refractivity contribution in [3.05, 3.63) is 78.5 Å². The predicted octanol–water partition coefficient (Wildman–Crippen LogP) is 4.18. The van der Waals surface area contributed by atoms with Crippen molar-refractivity contribution in [1.82, 2.24) is 9.55 Å². The van der Waals surface area contributed by atoms with Crippen LogP contribution in [-0.2, 0) is 0 Å². The van der Waals surface area contributed by atoms with Gasteiger partial charge in [0, 0.05) is 11.4 Å². The zero-order valence-corrected chi connectivity index (χ0v) is 13.1. The van der Waals surface area contributed by atoms with E-state index in [4.69, 9.17) is 4.42 Å². The topological polar surface area (TPSA) is 60.1 Å². The molecular formula is C19H15N3O2. The third-order valence-corrected chi connectivity index (χ3v) is 3.86. The van der Waals surface area contributed by atoms with Crippen LogP contribution in [0.15, 0.2) is 71.6 Å². The van der Waals surface area contributed by atoms with Crippen LogP contribution in [0.3, 0.4) is 0 Å². The summed E-state index contributed by atoms with van der Waals surface area (Å²) >= 11 is 0. The summed E-state index contributed by atoms with van der Waals surface area (Å²) in [6, 6.07) is 17.2. The number of carbonyl (C=O) groups excluding carboxylic acids is 1. The maximum atomic E-state index is 12.0. The van der Waals surface area contributed by atoms with E-state index < -0.39 is 0 Å². The second-order valence-corrected chi connectivity index (χ2v) is 5.59. The number of hydrogen-bond donors (Lipinski definition) is 1. The highest BCUT2D eigenvalue weighted by atomic mass is 16.3. The molecule has 0 fully saturated rings. The van der Waals surface area contributed by atoms with E-state index >= 15 is 0 Å². The summed E-state index contributed by atoms with van der Waals surface area (Å²) in [4.78, 5) is 16.5. The lowest BCUT2D eigenvalue weighted by Crippen LogP contribution is -2.10. The van der Waals surface area contributed by atoms with Crippen molar-refractivity contribution >= 4 is 22.6 Å². The van der Waals surface area contributed by atoms with Crippen molar-refractivity contribution < 1.29 is 9.21 Å². The first-order chi connectivity index (χ1) is 11.7. The number of amides is 1. The average Bonchev–Trinajstić information content (AvgIpc) is 3.25. The van der Waals surface area contributed by atoms with Gasteiger partial charge in [-0.2, -0.15) is 0 Å². The van der Waals surface area contributed by atoms with Gasteiger partial charge < -0.3 is 9.73 Å². The average molecular weight is 317 g/mol. The molecule has 24 heavy (non-hydrogen) atoms. The molecule has 1 amide bonds. The third kappa shape index (κ3) is 2.56. The number of nitrogens with zero attached hydrogens (tertiary/aromatic N) is 2. The quantitative estimate of drug-likeness (QED) is 0.616. The summed E-state index contributed by atoms with van der Waals surface area (Å²) in [5.41, 5.74) is 4.74. The van der Waals surface area contributed by atoms with Crippen molar-refractivity contribution in [2.45, 2.75) is 6.92 Å². The van der Waals surface area contributed by atoms with Gasteiger partial charge in [0.2, 0.25) is 0 Å². The van der Waals surface area contributed by atoms with Gasteiger partial charge in [-0.3, -0.25) is 9.36 Å². The molecule has 118 valence electrons. The van der Waals surface area contributed by atoms with Crippen LogP contribution in [0.2, 0.25) is 0 Å². The first-order valence-electron chi connectivity index (χ1n) is 7.60. The van der Waals surface area contributed by atoms with Gasteiger partial charge in [-0.1, -0.05) is 17.7 Å². The van der Waals surface area contributed by atoms with Gasteiger partial charge in [0.15, 0.2) is 5.76 Å². The Kier molecular flexibility index (Phi) is 3.39. The zero-order valence-electron chi connectivity index (χ0n) is 13.1. The summed E-state index contributed by atoms with van der Waals surface area (Å²) in [6.07, 6.45) is 3.26. The molecule has 0 bridgehead atoms. The number of anilines is 1. The van der Waals surface area contributed by atoms with Crippen LogP contribution in [0.4, 0.5) is 5.69 Å². The number of furan rings is 1. The van der Waals surface area contributed by atoms with Crippen LogP contribution >= 0.6 is 0 Å². The normalized spacial score (nSPS) is 10.9. The summed E-state index contributed by atoms with van der Waals surface area (Å²) < 4.78 is 7.12. The number of aromatic nitrogens is 2. The second-order valence-electron chi connectivity index (χ2n) is 5.59. The molecule has 5 heteroatoms. The molecule has 5 nitrogen and oxygen atoms in total. The van der Waals surface area contributed by atoms with Crippen molar-refractivity contribution in [1.29, 1.82) is 0 Å². The molecule has 0 aliphatic heterocycles. The minimum atomic E-state index is -0.280. The van der Waals surface area contributed by atoms with Gasteiger partial charge in [-0.25, -0.2) is 4.98 Å². The first-order valence-corrected chi connectivity index (χ1v) is 7.60. The molecular weight excluding hydrogens is 302 g/mol. The molecule has 0 saturated heterocycles. The van der Waals surface area contributed by atoms with E-state index in [-0.39, 0.29) is 11.7 Å². The van der Waals surface area contributed by atoms with Crippen molar-refractivity contribution in [2.24, 2.45) is 0 Å². The van der Waals surface area contributed by atoms with Gasteiger partial charge >= 0.3 is 0 Å². The van der Waals surface area contributed by atoms with E-state index in [2.05, 4.69) is 41.5 Å². The molecule has 0 spiro atoms. The molecule has 0 atom stereocenters. The Balaban J connectivity index is 1.65. The molecule has 0 aliphatic rings. The van der Waals surface area contributed by atoms with E-state index in [1.165, 1.54) is 11.8 Å². The minimum Gasteiger partial charge on any atom is -0.459 e. The smallest absolute Gasteiger partial charge is 0.291 e. The SMILES string of the molecule is Cc1ccc(-n2cnc3cc(NC(=O)c4ccco4)ccc32)cc1. The Morgan fingerprint density at radius 1 is 1.12 bits per heavy atom. The molecule has 4 rings (SSSR count). The Morgan fingerprint density at radius 2 is 1.96 bits per heavy atom. The summed E-state index contributed by atoms with van der Waals surface area (Å²) in [7, 11) is 0. The number of hydrogen-bond acceptors (Lipinski definition) is 3. The van der Waals surface area contributed by atoms with Crippen LogP contribution in [-0.4, -0.2) is 15.5 Å². The molecule has 2 aromatic carbocycles. The Hall–Kier alpha value is -3.34. The van der Waals surface area contributed by atoms with Gasteiger partial charge in [-0.05, 0) is 49.4 Å². The second kappa shape index (κ2) is 5.70. The fourth-order valence-corrected chi connectivity index (χ4v) is 2.60. The highest BCUT2D eigenvalue weighted by Crippen LogP contribution is 2.22. The van der Waals surface area contributed by atoms with Crippen LogP contribution in [0.5, 0.6) is 0 Å². The molecule has 0 saturated carbocycles. The molecule has 2 heterocycles. The van der Waals surface area contributed by atoms with Crippen LogP contribution in [0.25, 0.3) is 16.7 Å². The molecule has 2 aromatic heterocycles. The Labute approximate surface area is 138 Å². The number of carbonyl (C=O) groups is 1. The van der Waals surface area contributed by atoms with Gasteiger partial charge in [0.1, 0.15) is 6.33 Å². The van der Waals surface area contributed by atoms with Crippen molar-refractivity contribution in [2.75, 3.05) is 5.32 Å². The lowest BCUT2D eigenvalue weighted by Gasteiger charge is -2.06. The van der Waals surface area contributed by atoms with E-state index in [0.717, 1.165) is 16.7 Å². The number of imidazole rings is 1. The maximum Gasteiger partial charge on any atom is 0.291 e. The van der Waals surface area contributed by atoms with E-state index in [0.29, 0.717) is 5.69 Å². The Bertz CT molecular complexity index is 999. The minimum absolute atomic E-state index is 0.278. The number of fused-ring (bicyclic) bond motifs is 1. The Morgan fingerprint density at radius 3 is 2.71 bits per heavy atom. The number of aryl methyl sites for hydroxylation is 1. The summed E-state index contributed by atoms with van der Waals surface area (Å²) in [6.45, 7) is 2.06. The van der Waals surface area contributed by atoms with Gasteiger partial charge in [-0.15, -0.1) is 0 Å². The fraction of sp³-hybridized carbons (Fsp3) is 0.0526. The first kappa shape index (κ1) is 14.3.